The lowest BCUT2D eigenvalue weighted by molar-refractivity contribution is 0.625. The molecule has 0 atom stereocenters. The van der Waals surface area contributed by atoms with Gasteiger partial charge in [0.1, 0.15) is 15.2 Å². The van der Waals surface area contributed by atoms with E-state index in [1.165, 1.54) is 6.07 Å². The van der Waals surface area contributed by atoms with E-state index in [0.717, 1.165) is 14.9 Å². The van der Waals surface area contributed by atoms with E-state index in [9.17, 15) is 4.39 Å². The van der Waals surface area contributed by atoms with Crippen LogP contribution < -0.4 is 5.32 Å². The maximum Gasteiger partial charge on any atom is 0.137 e. The number of halogens is 2. The molecule has 0 amide bonds. The van der Waals surface area contributed by atoms with E-state index < -0.39 is 5.82 Å². The van der Waals surface area contributed by atoms with Gasteiger partial charge in [0.05, 0.1) is 11.9 Å². The van der Waals surface area contributed by atoms with Crippen molar-refractivity contribution in [2.45, 2.75) is 0 Å². The molecule has 2 heterocycles. The molecule has 0 radical (unpaired) electrons. The third-order valence-corrected chi connectivity index (χ3v) is 4.27. The topological polar surface area (TPSA) is 53.2 Å². The molecule has 23 heavy (non-hydrogen) atoms. The number of nitrogens with one attached hydrogen (secondary N) is 2. The van der Waals surface area contributed by atoms with Gasteiger partial charge >= 0.3 is 0 Å². The Morgan fingerprint density at radius 2 is 2.09 bits per heavy atom. The van der Waals surface area contributed by atoms with E-state index in [1.807, 2.05) is 22.7 Å². The van der Waals surface area contributed by atoms with Gasteiger partial charge in [-0.1, -0.05) is 12.1 Å². The first kappa shape index (κ1) is 15.7. The summed E-state index contributed by atoms with van der Waals surface area (Å²) in [7, 11) is 1.76. The third kappa shape index (κ3) is 2.98. The van der Waals surface area contributed by atoms with Crippen LogP contribution in [0.25, 0.3) is 11.2 Å². The zero-order valence-electron chi connectivity index (χ0n) is 12.3. The van der Waals surface area contributed by atoms with Crippen molar-refractivity contribution in [1.29, 1.82) is 5.41 Å². The first-order valence-electron chi connectivity index (χ1n) is 6.96. The summed E-state index contributed by atoms with van der Waals surface area (Å²) in [5.41, 5.74) is 2.67. The number of benzene rings is 1. The molecule has 2 N–H and O–H groups in total. The number of imidazole rings is 1. The van der Waals surface area contributed by atoms with Crippen molar-refractivity contribution in [2.24, 2.45) is 0 Å². The summed E-state index contributed by atoms with van der Waals surface area (Å²) in [4.78, 5) is 4.29. The van der Waals surface area contributed by atoms with Gasteiger partial charge < -0.3 is 5.32 Å². The Morgan fingerprint density at radius 3 is 2.83 bits per heavy atom. The maximum atomic E-state index is 14.0. The molecule has 0 unspecified atom stereocenters. The van der Waals surface area contributed by atoms with Crippen LogP contribution in [-0.2, 0) is 0 Å². The highest BCUT2D eigenvalue weighted by atomic mass is 127. The predicted octanol–water partition coefficient (Wildman–Crippen LogP) is 3.71. The minimum absolute atomic E-state index is 0.131. The number of allylic oxidation sites excluding steroid dienone is 1. The molecule has 1 aromatic carbocycles. The molecule has 0 saturated heterocycles. The monoisotopic (exact) mass is 420 g/mol. The zero-order valence-corrected chi connectivity index (χ0v) is 14.5. The van der Waals surface area contributed by atoms with Crippen molar-refractivity contribution < 1.29 is 4.39 Å². The standard InChI is InChI=1S/C17H14FIN4/c1-21-8-13(17(20)12-4-2-3-5-14(12)18)11-6-7-16-22-9-15(19)23(16)10-11/h2-10,20-21H,1H3/b13-8-,20-17?. The lowest BCUT2D eigenvalue weighted by Gasteiger charge is -2.12. The molecule has 3 rings (SSSR count). The minimum atomic E-state index is -0.405. The third-order valence-electron chi connectivity index (χ3n) is 3.47. The molecular weight excluding hydrogens is 406 g/mol. The Kier molecular flexibility index (Phi) is 4.42. The molecule has 0 bridgehead atoms. The summed E-state index contributed by atoms with van der Waals surface area (Å²) in [6, 6.07) is 10.1. The van der Waals surface area contributed by atoms with Crippen molar-refractivity contribution in [3.8, 4) is 0 Å². The number of hydrogen-bond donors (Lipinski definition) is 2. The van der Waals surface area contributed by atoms with Crippen molar-refractivity contribution in [3.05, 3.63) is 75.6 Å². The Morgan fingerprint density at radius 1 is 1.30 bits per heavy atom. The Hall–Kier alpha value is -2.22. The molecule has 0 aliphatic carbocycles. The smallest absolute Gasteiger partial charge is 0.137 e. The fourth-order valence-electron chi connectivity index (χ4n) is 2.36. The minimum Gasteiger partial charge on any atom is -0.393 e. The molecule has 0 spiro atoms. The fourth-order valence-corrected chi connectivity index (χ4v) is 2.89. The molecule has 116 valence electrons. The number of aromatic nitrogens is 2. The van der Waals surface area contributed by atoms with Gasteiger partial charge in [0.15, 0.2) is 0 Å². The quantitative estimate of drug-likeness (QED) is 0.500. The molecule has 0 aliphatic rings. The van der Waals surface area contributed by atoms with E-state index in [4.69, 9.17) is 5.41 Å². The predicted molar refractivity (Wildman–Crippen MR) is 98.2 cm³/mol. The molecule has 6 heteroatoms. The highest BCUT2D eigenvalue weighted by Gasteiger charge is 2.15. The lowest BCUT2D eigenvalue weighted by atomic mass is 9.97. The van der Waals surface area contributed by atoms with Crippen LogP contribution in [0.2, 0.25) is 0 Å². The summed E-state index contributed by atoms with van der Waals surface area (Å²) in [5, 5.41) is 11.4. The SMILES string of the molecule is CN/C=C(\C(=N)c1ccccc1F)c1ccc2ncc(I)n2c1. The van der Waals surface area contributed by atoms with Crippen LogP contribution in [0.3, 0.4) is 0 Å². The number of hydrogen-bond acceptors (Lipinski definition) is 3. The van der Waals surface area contributed by atoms with Crippen molar-refractivity contribution in [2.75, 3.05) is 7.05 Å². The van der Waals surface area contributed by atoms with Gasteiger partial charge in [0.25, 0.3) is 0 Å². The van der Waals surface area contributed by atoms with Crippen molar-refractivity contribution in [1.82, 2.24) is 14.7 Å². The van der Waals surface area contributed by atoms with Crippen LogP contribution in [0.5, 0.6) is 0 Å². The first-order chi connectivity index (χ1) is 11.1. The average molecular weight is 420 g/mol. The lowest BCUT2D eigenvalue weighted by Crippen LogP contribution is -2.09. The summed E-state index contributed by atoms with van der Waals surface area (Å²) in [6.07, 6.45) is 5.39. The molecule has 0 fully saturated rings. The fraction of sp³-hybridized carbons (Fsp3) is 0.0588. The van der Waals surface area contributed by atoms with E-state index in [-0.39, 0.29) is 11.3 Å². The second kappa shape index (κ2) is 6.49. The van der Waals surface area contributed by atoms with E-state index in [2.05, 4.69) is 32.9 Å². The average Bonchev–Trinajstić information content (AvgIpc) is 2.93. The van der Waals surface area contributed by atoms with Crippen LogP contribution in [0.15, 0.2) is 55.0 Å². The molecule has 4 nitrogen and oxygen atoms in total. The molecular formula is C17H14FIN4. The Labute approximate surface area is 146 Å². The Balaban J connectivity index is 2.11. The zero-order chi connectivity index (χ0) is 16.4. The number of pyridine rings is 1. The first-order valence-corrected chi connectivity index (χ1v) is 8.04. The maximum absolute atomic E-state index is 14.0. The van der Waals surface area contributed by atoms with Crippen LogP contribution >= 0.6 is 22.6 Å². The number of rotatable bonds is 4. The van der Waals surface area contributed by atoms with Crippen LogP contribution in [0, 0.1) is 14.9 Å². The van der Waals surface area contributed by atoms with Gasteiger partial charge in [-0.25, -0.2) is 9.37 Å². The summed E-state index contributed by atoms with van der Waals surface area (Å²) in [6.45, 7) is 0. The van der Waals surface area contributed by atoms with Crippen LogP contribution in [0.1, 0.15) is 11.1 Å². The van der Waals surface area contributed by atoms with Gasteiger partial charge in [-0.15, -0.1) is 0 Å². The van der Waals surface area contributed by atoms with Gasteiger partial charge in [-0.05, 0) is 46.9 Å². The van der Waals surface area contributed by atoms with Crippen molar-refractivity contribution >= 4 is 39.5 Å². The summed E-state index contributed by atoms with van der Waals surface area (Å²) in [5.74, 6) is -0.405. The van der Waals surface area contributed by atoms with Gasteiger partial charge in [0.2, 0.25) is 0 Å². The molecule has 0 saturated carbocycles. The van der Waals surface area contributed by atoms with Gasteiger partial charge in [-0.2, -0.15) is 0 Å². The van der Waals surface area contributed by atoms with Crippen LogP contribution in [0.4, 0.5) is 4.39 Å². The van der Waals surface area contributed by atoms with Gasteiger partial charge in [0, 0.05) is 36.1 Å². The number of nitrogens with zero attached hydrogens (tertiary/aromatic N) is 2. The number of fused-ring (bicyclic) bond motifs is 1. The van der Waals surface area contributed by atoms with Crippen molar-refractivity contribution in [3.63, 3.8) is 0 Å². The largest absolute Gasteiger partial charge is 0.393 e. The highest BCUT2D eigenvalue weighted by molar-refractivity contribution is 14.1. The normalized spacial score (nSPS) is 11.7. The summed E-state index contributed by atoms with van der Waals surface area (Å²) >= 11 is 2.20. The molecule has 3 aromatic rings. The van der Waals surface area contributed by atoms with Crippen LogP contribution in [-0.4, -0.2) is 22.1 Å². The Bertz CT molecular complexity index is 914. The molecule has 0 aliphatic heterocycles. The van der Waals surface area contributed by atoms with Gasteiger partial charge in [-0.3, -0.25) is 9.81 Å². The summed E-state index contributed by atoms with van der Waals surface area (Å²) < 4.78 is 16.9. The highest BCUT2D eigenvalue weighted by Crippen LogP contribution is 2.22. The molecule has 2 aromatic heterocycles. The van der Waals surface area contributed by atoms with E-state index in [0.29, 0.717) is 5.57 Å². The van der Waals surface area contributed by atoms with E-state index in [1.54, 1.807) is 37.6 Å². The second-order valence-electron chi connectivity index (χ2n) is 4.93. The second-order valence-corrected chi connectivity index (χ2v) is 6.03. The van der Waals surface area contributed by atoms with E-state index >= 15 is 0 Å².